The first-order valence-corrected chi connectivity index (χ1v) is 9.18. The molecule has 0 spiro atoms. The standard InChI is InChI=1S/C20H32N2O4/c1-6-7-8-11-21-18(24)16(22-19(25)26-20(3,4)5)13-15-9-10-17(23)14(2)12-15/h9-10,12,16,23H,6-8,11,13H2,1-5H3,(H,21,24)(H,22,25). The molecule has 1 unspecified atom stereocenters. The van der Waals surface area contributed by atoms with E-state index in [4.69, 9.17) is 4.74 Å². The maximum absolute atomic E-state index is 12.5. The van der Waals surface area contributed by atoms with Crippen LogP contribution in [-0.4, -0.2) is 35.3 Å². The van der Waals surface area contributed by atoms with E-state index in [1.807, 2.05) is 6.07 Å². The van der Waals surface area contributed by atoms with Crippen LogP contribution in [0.4, 0.5) is 4.79 Å². The molecule has 2 amide bonds. The number of amides is 2. The molecule has 0 bridgehead atoms. The van der Waals surface area contributed by atoms with E-state index in [1.165, 1.54) is 0 Å². The second kappa shape index (κ2) is 10.0. The van der Waals surface area contributed by atoms with Crippen molar-refractivity contribution in [1.82, 2.24) is 10.6 Å². The number of aryl methyl sites for hydroxylation is 1. The third kappa shape index (κ3) is 8.23. The molecule has 26 heavy (non-hydrogen) atoms. The zero-order valence-corrected chi connectivity index (χ0v) is 16.5. The number of carbonyl (C=O) groups excluding carboxylic acids is 2. The van der Waals surface area contributed by atoms with Gasteiger partial charge in [-0.3, -0.25) is 4.79 Å². The van der Waals surface area contributed by atoms with E-state index >= 15 is 0 Å². The summed E-state index contributed by atoms with van der Waals surface area (Å²) in [5, 5.41) is 15.2. The van der Waals surface area contributed by atoms with Crippen molar-refractivity contribution in [2.45, 2.75) is 71.9 Å². The molecule has 0 aliphatic heterocycles. The molecule has 1 atom stereocenters. The number of ether oxygens (including phenoxy) is 1. The minimum absolute atomic E-state index is 0.203. The fraction of sp³-hybridized carbons (Fsp3) is 0.600. The number of benzene rings is 1. The Morgan fingerprint density at radius 1 is 1.23 bits per heavy atom. The zero-order chi connectivity index (χ0) is 19.7. The molecule has 1 aromatic rings. The van der Waals surface area contributed by atoms with Crippen molar-refractivity contribution in [3.8, 4) is 5.75 Å². The summed E-state index contributed by atoms with van der Waals surface area (Å²) >= 11 is 0. The summed E-state index contributed by atoms with van der Waals surface area (Å²) in [5.41, 5.74) is 0.938. The van der Waals surface area contributed by atoms with Crippen LogP contribution in [0.15, 0.2) is 18.2 Å². The van der Waals surface area contributed by atoms with Crippen LogP contribution in [0.25, 0.3) is 0 Å². The Morgan fingerprint density at radius 3 is 2.50 bits per heavy atom. The minimum Gasteiger partial charge on any atom is -0.508 e. The summed E-state index contributed by atoms with van der Waals surface area (Å²) in [6.07, 6.45) is 2.71. The molecule has 3 N–H and O–H groups in total. The van der Waals surface area contributed by atoms with Crippen LogP contribution in [0.2, 0.25) is 0 Å². The second-order valence-electron chi connectivity index (χ2n) is 7.52. The summed E-state index contributed by atoms with van der Waals surface area (Å²) in [5.74, 6) is -0.0351. The first-order chi connectivity index (χ1) is 12.1. The van der Waals surface area contributed by atoms with Crippen LogP contribution >= 0.6 is 0 Å². The number of nitrogens with one attached hydrogen (secondary N) is 2. The molecule has 0 aromatic heterocycles. The molecular weight excluding hydrogens is 332 g/mol. The summed E-state index contributed by atoms with van der Waals surface area (Å²) < 4.78 is 5.27. The largest absolute Gasteiger partial charge is 0.508 e. The third-order valence-electron chi connectivity index (χ3n) is 3.79. The monoisotopic (exact) mass is 364 g/mol. The molecule has 146 valence electrons. The van der Waals surface area contributed by atoms with Gasteiger partial charge in [0.25, 0.3) is 0 Å². The van der Waals surface area contributed by atoms with Crippen molar-refractivity contribution >= 4 is 12.0 Å². The lowest BCUT2D eigenvalue weighted by Gasteiger charge is -2.23. The lowest BCUT2D eigenvalue weighted by Crippen LogP contribution is -2.49. The number of phenols is 1. The molecule has 0 aliphatic rings. The Kier molecular flexibility index (Phi) is 8.42. The van der Waals surface area contributed by atoms with Gasteiger partial charge in [-0.15, -0.1) is 0 Å². The van der Waals surface area contributed by atoms with Gasteiger partial charge in [0.1, 0.15) is 17.4 Å². The number of alkyl carbamates (subject to hydrolysis) is 1. The molecule has 1 rings (SSSR count). The summed E-state index contributed by atoms with van der Waals surface area (Å²) in [7, 11) is 0. The Balaban J connectivity index is 2.80. The molecular formula is C20H32N2O4. The normalized spacial score (nSPS) is 12.3. The van der Waals surface area contributed by atoms with Crippen molar-refractivity contribution in [3.05, 3.63) is 29.3 Å². The predicted octanol–water partition coefficient (Wildman–Crippen LogP) is 3.44. The van der Waals surface area contributed by atoms with Gasteiger partial charge in [0.05, 0.1) is 0 Å². The van der Waals surface area contributed by atoms with Crippen molar-refractivity contribution < 1.29 is 19.4 Å². The Bertz CT molecular complexity index is 608. The summed E-state index contributed by atoms with van der Waals surface area (Å²) in [4.78, 5) is 24.6. The zero-order valence-electron chi connectivity index (χ0n) is 16.5. The van der Waals surface area contributed by atoms with Crippen LogP contribution in [0, 0.1) is 6.92 Å². The summed E-state index contributed by atoms with van der Waals surface area (Å²) in [6, 6.07) is 4.41. The molecule has 6 heteroatoms. The van der Waals surface area contributed by atoms with Crippen molar-refractivity contribution in [3.63, 3.8) is 0 Å². The first-order valence-electron chi connectivity index (χ1n) is 9.18. The molecule has 0 fully saturated rings. The highest BCUT2D eigenvalue weighted by Gasteiger charge is 2.24. The lowest BCUT2D eigenvalue weighted by molar-refractivity contribution is -0.123. The Morgan fingerprint density at radius 2 is 1.92 bits per heavy atom. The number of phenolic OH excluding ortho intramolecular Hbond substituents is 1. The van der Waals surface area contributed by atoms with E-state index in [1.54, 1.807) is 39.8 Å². The fourth-order valence-electron chi connectivity index (χ4n) is 2.45. The SMILES string of the molecule is CCCCCNC(=O)C(Cc1ccc(O)c(C)c1)NC(=O)OC(C)(C)C. The number of hydrogen-bond donors (Lipinski definition) is 3. The van der Waals surface area contributed by atoms with Gasteiger partial charge in [0.2, 0.25) is 5.91 Å². The topological polar surface area (TPSA) is 87.7 Å². The highest BCUT2D eigenvalue weighted by atomic mass is 16.6. The third-order valence-corrected chi connectivity index (χ3v) is 3.79. The molecule has 0 aliphatic carbocycles. The number of aromatic hydroxyl groups is 1. The Hall–Kier alpha value is -2.24. The number of rotatable bonds is 8. The van der Waals surface area contributed by atoms with E-state index < -0.39 is 17.7 Å². The van der Waals surface area contributed by atoms with Gasteiger partial charge in [0.15, 0.2) is 0 Å². The van der Waals surface area contributed by atoms with E-state index in [-0.39, 0.29) is 11.7 Å². The van der Waals surface area contributed by atoms with Gasteiger partial charge in [-0.2, -0.15) is 0 Å². The minimum atomic E-state index is -0.740. The van der Waals surface area contributed by atoms with Crippen molar-refractivity contribution in [2.75, 3.05) is 6.54 Å². The summed E-state index contributed by atoms with van der Waals surface area (Å²) in [6.45, 7) is 9.79. The van der Waals surface area contributed by atoms with Crippen LogP contribution in [-0.2, 0) is 16.0 Å². The Labute approximate surface area is 156 Å². The molecule has 0 heterocycles. The highest BCUT2D eigenvalue weighted by Crippen LogP contribution is 2.18. The highest BCUT2D eigenvalue weighted by molar-refractivity contribution is 5.86. The average Bonchev–Trinajstić information content (AvgIpc) is 2.52. The fourth-order valence-corrected chi connectivity index (χ4v) is 2.45. The van der Waals surface area contributed by atoms with Crippen LogP contribution in [0.3, 0.4) is 0 Å². The van der Waals surface area contributed by atoms with Crippen LogP contribution in [0.5, 0.6) is 5.75 Å². The molecule has 6 nitrogen and oxygen atoms in total. The van der Waals surface area contributed by atoms with Crippen molar-refractivity contribution in [1.29, 1.82) is 0 Å². The molecule has 1 aromatic carbocycles. The van der Waals surface area contributed by atoms with E-state index in [0.717, 1.165) is 30.4 Å². The maximum Gasteiger partial charge on any atom is 0.408 e. The van der Waals surface area contributed by atoms with Crippen molar-refractivity contribution in [2.24, 2.45) is 0 Å². The molecule has 0 radical (unpaired) electrons. The molecule has 0 saturated heterocycles. The number of hydrogen-bond acceptors (Lipinski definition) is 4. The van der Waals surface area contributed by atoms with E-state index in [2.05, 4.69) is 17.6 Å². The maximum atomic E-state index is 12.5. The number of unbranched alkanes of at least 4 members (excludes halogenated alkanes) is 2. The van der Waals surface area contributed by atoms with Gasteiger partial charge in [-0.1, -0.05) is 31.9 Å². The van der Waals surface area contributed by atoms with E-state index in [0.29, 0.717) is 13.0 Å². The van der Waals surface area contributed by atoms with E-state index in [9.17, 15) is 14.7 Å². The van der Waals surface area contributed by atoms with Gasteiger partial charge in [0, 0.05) is 13.0 Å². The lowest BCUT2D eigenvalue weighted by atomic mass is 10.0. The van der Waals surface area contributed by atoms with Gasteiger partial charge < -0.3 is 20.5 Å². The molecule has 0 saturated carbocycles. The number of carbonyl (C=O) groups is 2. The van der Waals surface area contributed by atoms with Gasteiger partial charge in [-0.05, 0) is 51.3 Å². The van der Waals surface area contributed by atoms with Crippen LogP contribution < -0.4 is 10.6 Å². The predicted molar refractivity (Wildman–Crippen MR) is 102 cm³/mol. The quantitative estimate of drug-likeness (QED) is 0.617. The first kappa shape index (κ1) is 21.8. The van der Waals surface area contributed by atoms with Gasteiger partial charge >= 0.3 is 6.09 Å². The van der Waals surface area contributed by atoms with Gasteiger partial charge in [-0.25, -0.2) is 4.79 Å². The smallest absolute Gasteiger partial charge is 0.408 e. The second-order valence-corrected chi connectivity index (χ2v) is 7.52. The van der Waals surface area contributed by atoms with Crippen LogP contribution in [0.1, 0.15) is 58.1 Å². The average molecular weight is 364 g/mol.